The van der Waals surface area contributed by atoms with Crippen LogP contribution in [0.4, 0.5) is 17.6 Å². The fourth-order valence-corrected chi connectivity index (χ4v) is 2.95. The summed E-state index contributed by atoms with van der Waals surface area (Å²) >= 11 is 5.70. The first-order valence-corrected chi connectivity index (χ1v) is 8.50. The average Bonchev–Trinajstić information content (AvgIpc) is 2.62. The molecular formula is C21H13ClF4O2. The van der Waals surface area contributed by atoms with Crippen molar-refractivity contribution in [1.82, 2.24) is 0 Å². The molecule has 144 valence electrons. The highest BCUT2D eigenvalue weighted by atomic mass is 35.5. The van der Waals surface area contributed by atoms with E-state index < -0.39 is 23.5 Å². The zero-order valence-electron chi connectivity index (χ0n) is 14.2. The molecule has 0 radical (unpaired) electrons. The summed E-state index contributed by atoms with van der Waals surface area (Å²) < 4.78 is 52.1. The van der Waals surface area contributed by atoms with E-state index in [1.54, 1.807) is 24.3 Å². The van der Waals surface area contributed by atoms with E-state index in [2.05, 4.69) is 0 Å². The Morgan fingerprint density at radius 3 is 1.96 bits per heavy atom. The van der Waals surface area contributed by atoms with Gasteiger partial charge in [-0.1, -0.05) is 41.9 Å². The zero-order valence-corrected chi connectivity index (χ0v) is 15.0. The Kier molecular flexibility index (Phi) is 5.42. The summed E-state index contributed by atoms with van der Waals surface area (Å²) in [6.45, 7) is 0. The van der Waals surface area contributed by atoms with Gasteiger partial charge in [0.1, 0.15) is 5.82 Å². The number of halogens is 5. The number of carboxylic acids is 1. The van der Waals surface area contributed by atoms with E-state index in [4.69, 9.17) is 16.7 Å². The van der Waals surface area contributed by atoms with Gasteiger partial charge in [0, 0.05) is 0 Å². The summed E-state index contributed by atoms with van der Waals surface area (Å²) in [4.78, 5) is 11.1. The van der Waals surface area contributed by atoms with Crippen LogP contribution in [0.3, 0.4) is 0 Å². The van der Waals surface area contributed by atoms with Crippen LogP contribution in [0.15, 0.2) is 60.7 Å². The van der Waals surface area contributed by atoms with Crippen LogP contribution >= 0.6 is 11.6 Å². The van der Waals surface area contributed by atoms with Crippen LogP contribution < -0.4 is 0 Å². The number of carbonyl (C=O) groups is 1. The lowest BCUT2D eigenvalue weighted by Gasteiger charge is -2.12. The van der Waals surface area contributed by atoms with Crippen molar-refractivity contribution in [2.45, 2.75) is 12.6 Å². The van der Waals surface area contributed by atoms with Crippen LogP contribution in [0.1, 0.15) is 11.1 Å². The number of carboxylic acid groups (broad SMARTS) is 1. The number of hydrogen-bond donors (Lipinski definition) is 1. The van der Waals surface area contributed by atoms with Crippen molar-refractivity contribution < 1.29 is 27.5 Å². The first kappa shape index (κ1) is 19.9. The molecule has 28 heavy (non-hydrogen) atoms. The minimum absolute atomic E-state index is 0.0478. The third-order valence-electron chi connectivity index (χ3n) is 4.15. The molecule has 0 saturated heterocycles. The van der Waals surface area contributed by atoms with Gasteiger partial charge in [-0.25, -0.2) is 4.39 Å². The Hall–Kier alpha value is -2.86. The molecule has 0 amide bonds. The lowest BCUT2D eigenvalue weighted by molar-refractivity contribution is -0.138. The van der Waals surface area contributed by atoms with Crippen LogP contribution in [0.2, 0.25) is 5.02 Å². The Morgan fingerprint density at radius 1 is 0.857 bits per heavy atom. The molecule has 0 aliphatic heterocycles. The summed E-state index contributed by atoms with van der Waals surface area (Å²) in [5, 5.41) is 9.05. The molecule has 0 fully saturated rings. The minimum Gasteiger partial charge on any atom is -0.481 e. The molecule has 7 heteroatoms. The Bertz CT molecular complexity index is 1030. The van der Waals surface area contributed by atoms with Crippen molar-refractivity contribution in [3.8, 4) is 22.3 Å². The van der Waals surface area contributed by atoms with Gasteiger partial charge < -0.3 is 5.11 Å². The van der Waals surface area contributed by atoms with E-state index in [-0.39, 0.29) is 11.4 Å². The molecule has 0 heterocycles. The van der Waals surface area contributed by atoms with Gasteiger partial charge in [0.2, 0.25) is 0 Å². The molecule has 3 aromatic rings. The molecule has 0 aliphatic carbocycles. The van der Waals surface area contributed by atoms with E-state index in [0.29, 0.717) is 27.8 Å². The normalized spacial score (nSPS) is 11.5. The molecular weight excluding hydrogens is 396 g/mol. The molecule has 0 bridgehead atoms. The maximum Gasteiger partial charge on any atom is 0.416 e. The maximum absolute atomic E-state index is 13.8. The Labute approximate surface area is 163 Å². The van der Waals surface area contributed by atoms with Crippen molar-refractivity contribution >= 4 is 17.6 Å². The highest BCUT2D eigenvalue weighted by molar-refractivity contribution is 6.30. The number of rotatable bonds is 4. The van der Waals surface area contributed by atoms with E-state index in [1.807, 2.05) is 0 Å². The molecule has 0 aliphatic rings. The van der Waals surface area contributed by atoms with E-state index in [0.717, 1.165) is 12.1 Å². The predicted octanol–water partition coefficient (Wildman–Crippen LogP) is 6.46. The Morgan fingerprint density at radius 2 is 1.43 bits per heavy atom. The molecule has 0 atom stereocenters. The second kappa shape index (κ2) is 7.64. The summed E-state index contributed by atoms with van der Waals surface area (Å²) in [7, 11) is 0. The van der Waals surface area contributed by atoms with Crippen LogP contribution in [0, 0.1) is 5.82 Å². The van der Waals surface area contributed by atoms with Gasteiger partial charge in [0.15, 0.2) is 0 Å². The lowest BCUT2D eigenvalue weighted by atomic mass is 9.94. The van der Waals surface area contributed by atoms with Crippen molar-refractivity contribution in [2.24, 2.45) is 0 Å². The minimum atomic E-state index is -4.45. The van der Waals surface area contributed by atoms with Gasteiger partial charge in [-0.15, -0.1) is 0 Å². The first-order chi connectivity index (χ1) is 13.1. The monoisotopic (exact) mass is 408 g/mol. The molecule has 1 N–H and O–H groups in total. The largest absolute Gasteiger partial charge is 0.481 e. The molecule has 2 nitrogen and oxygen atoms in total. The Balaban J connectivity index is 2.09. The van der Waals surface area contributed by atoms with Crippen LogP contribution in [0.25, 0.3) is 22.3 Å². The second-order valence-corrected chi connectivity index (χ2v) is 6.60. The van der Waals surface area contributed by atoms with Gasteiger partial charge in [-0.2, -0.15) is 13.2 Å². The number of benzene rings is 3. The molecule has 0 saturated carbocycles. The topological polar surface area (TPSA) is 37.3 Å². The van der Waals surface area contributed by atoms with Crippen molar-refractivity contribution in [1.29, 1.82) is 0 Å². The van der Waals surface area contributed by atoms with Gasteiger partial charge >= 0.3 is 12.1 Å². The predicted molar refractivity (Wildman–Crippen MR) is 98.6 cm³/mol. The molecule has 0 spiro atoms. The number of aliphatic carboxylic acids is 1. The standard InChI is InChI=1S/C21H13ClF4O2/c22-18-6-3-14(11-19(18)23)16-8-12(9-20(27)28)7-15(10-16)13-1-4-17(5-2-13)21(24,25)26/h1-8,10-11H,9H2,(H,27,28). The van der Waals surface area contributed by atoms with Gasteiger partial charge in [-0.3, -0.25) is 4.79 Å². The van der Waals surface area contributed by atoms with Crippen molar-refractivity contribution in [2.75, 3.05) is 0 Å². The molecule has 0 unspecified atom stereocenters. The fraction of sp³-hybridized carbons (Fsp3) is 0.0952. The lowest BCUT2D eigenvalue weighted by Crippen LogP contribution is -2.04. The van der Waals surface area contributed by atoms with Crippen LogP contribution in [0.5, 0.6) is 0 Å². The smallest absolute Gasteiger partial charge is 0.416 e. The van der Waals surface area contributed by atoms with Crippen LogP contribution in [-0.2, 0) is 17.4 Å². The van der Waals surface area contributed by atoms with Gasteiger partial charge in [0.05, 0.1) is 17.0 Å². The van der Waals surface area contributed by atoms with E-state index in [1.165, 1.54) is 24.3 Å². The van der Waals surface area contributed by atoms with Crippen molar-refractivity contribution in [3.05, 3.63) is 82.6 Å². The average molecular weight is 409 g/mol. The number of alkyl halides is 3. The third-order valence-corrected chi connectivity index (χ3v) is 4.45. The van der Waals surface area contributed by atoms with Crippen molar-refractivity contribution in [3.63, 3.8) is 0 Å². The summed E-state index contributed by atoms with van der Waals surface area (Å²) in [6, 6.07) is 13.6. The van der Waals surface area contributed by atoms with Gasteiger partial charge in [0.25, 0.3) is 0 Å². The second-order valence-electron chi connectivity index (χ2n) is 6.19. The van der Waals surface area contributed by atoms with Crippen LogP contribution in [-0.4, -0.2) is 11.1 Å². The third kappa shape index (κ3) is 4.51. The highest BCUT2D eigenvalue weighted by Crippen LogP contribution is 2.33. The maximum atomic E-state index is 13.8. The van der Waals surface area contributed by atoms with E-state index >= 15 is 0 Å². The summed E-state index contributed by atoms with van der Waals surface area (Å²) in [5.41, 5.74) is 1.67. The summed E-state index contributed by atoms with van der Waals surface area (Å²) in [5.74, 6) is -1.68. The fourth-order valence-electron chi connectivity index (χ4n) is 2.83. The first-order valence-electron chi connectivity index (χ1n) is 8.12. The quantitative estimate of drug-likeness (QED) is 0.503. The summed E-state index contributed by atoms with van der Waals surface area (Å²) in [6.07, 6.45) is -4.73. The zero-order chi connectivity index (χ0) is 20.5. The molecule has 3 aromatic carbocycles. The number of hydrogen-bond acceptors (Lipinski definition) is 1. The highest BCUT2D eigenvalue weighted by Gasteiger charge is 2.30. The SMILES string of the molecule is O=C(O)Cc1cc(-c2ccc(C(F)(F)F)cc2)cc(-c2ccc(Cl)c(F)c2)c1. The van der Waals surface area contributed by atoms with Gasteiger partial charge in [-0.05, 0) is 58.1 Å². The van der Waals surface area contributed by atoms with E-state index in [9.17, 15) is 22.4 Å². The molecule has 3 rings (SSSR count). The molecule has 0 aromatic heterocycles.